The Balaban J connectivity index is 2.14. The number of hydrogen-bond donors (Lipinski definition) is 1. The van der Waals surface area contributed by atoms with E-state index in [1.54, 1.807) is 25.1 Å². The third-order valence-corrected chi connectivity index (χ3v) is 3.03. The van der Waals surface area contributed by atoms with Crippen molar-refractivity contribution >= 4 is 17.2 Å². The van der Waals surface area contributed by atoms with E-state index in [-0.39, 0.29) is 17.4 Å². The van der Waals surface area contributed by atoms with E-state index in [1.165, 1.54) is 18.2 Å². The smallest absolute Gasteiger partial charge is 0.129 e. The van der Waals surface area contributed by atoms with Crippen LogP contribution in [0.15, 0.2) is 36.4 Å². The molecule has 2 rings (SSSR count). The minimum Gasteiger partial charge on any atom is -0.489 e. The zero-order chi connectivity index (χ0) is 14.7. The second-order valence-electron chi connectivity index (χ2n) is 4.41. The van der Waals surface area contributed by atoms with Gasteiger partial charge in [-0.3, -0.25) is 0 Å². The van der Waals surface area contributed by atoms with Gasteiger partial charge in [-0.25, -0.2) is 8.78 Å². The second kappa shape index (κ2) is 5.96. The molecule has 2 N–H and O–H groups in total. The topological polar surface area (TPSA) is 35.2 Å². The molecule has 20 heavy (non-hydrogen) atoms. The number of ether oxygens (including phenoxy) is 1. The number of aryl methyl sites for hydroxylation is 1. The van der Waals surface area contributed by atoms with E-state index >= 15 is 0 Å². The van der Waals surface area contributed by atoms with Crippen molar-refractivity contribution in [1.82, 2.24) is 0 Å². The molecule has 0 unspecified atom stereocenters. The molecule has 0 fully saturated rings. The van der Waals surface area contributed by atoms with Gasteiger partial charge in [-0.1, -0.05) is 18.3 Å². The number of nitrogens with two attached hydrogens (primary N) is 1. The Morgan fingerprint density at radius 3 is 2.60 bits per heavy atom. The Morgan fingerprint density at radius 1 is 1.20 bits per heavy atom. The summed E-state index contributed by atoms with van der Waals surface area (Å²) in [6.07, 6.45) is 0. The Kier molecular flexibility index (Phi) is 4.29. The van der Waals surface area contributed by atoms with Gasteiger partial charge >= 0.3 is 0 Å². The summed E-state index contributed by atoms with van der Waals surface area (Å²) in [5.41, 5.74) is 7.03. The Labute approximate surface area is 121 Å². The van der Waals surface area contributed by atoms with E-state index in [2.05, 4.69) is 0 Å². The Bertz CT molecular complexity index is 658. The third-order valence-electron chi connectivity index (χ3n) is 2.79. The van der Waals surface area contributed by atoms with Crippen LogP contribution in [0.5, 0.6) is 5.75 Å². The first-order valence-corrected chi connectivity index (χ1v) is 6.35. The predicted molar refractivity (Wildman–Crippen MR) is 77.8 cm³/mol. The van der Waals surface area contributed by atoms with Crippen LogP contribution in [-0.2, 0) is 6.61 Å². The Morgan fingerprint density at radius 2 is 1.95 bits per heavy atom. The van der Waals surface area contributed by atoms with E-state index in [0.29, 0.717) is 22.4 Å². The van der Waals surface area contributed by atoms with Gasteiger partial charge in [0.1, 0.15) is 29.0 Å². The minimum atomic E-state index is -0.441. The minimum absolute atomic E-state index is 0.107. The standard InChI is InChI=1S/C15H13F2NOS/c1-9-2-3-13(7-14(9)17)19-8-10-4-11(15(18)20)6-12(16)5-10/h2-7H,8H2,1H3,(H2,18,20). The summed E-state index contributed by atoms with van der Waals surface area (Å²) in [6, 6.07) is 8.81. The molecular weight excluding hydrogens is 280 g/mol. The number of rotatable bonds is 4. The maximum atomic E-state index is 13.4. The molecule has 0 aliphatic rings. The van der Waals surface area contributed by atoms with Gasteiger partial charge in [-0.2, -0.15) is 0 Å². The summed E-state index contributed by atoms with van der Waals surface area (Å²) in [5.74, 6) is -0.399. The van der Waals surface area contributed by atoms with Crippen molar-refractivity contribution in [3.05, 3.63) is 64.7 Å². The summed E-state index contributed by atoms with van der Waals surface area (Å²) >= 11 is 4.81. The van der Waals surface area contributed by atoms with Gasteiger partial charge in [0.05, 0.1) is 0 Å². The largest absolute Gasteiger partial charge is 0.489 e. The third kappa shape index (κ3) is 3.51. The molecule has 2 nitrogen and oxygen atoms in total. The number of benzene rings is 2. The van der Waals surface area contributed by atoms with Gasteiger partial charge in [0.15, 0.2) is 0 Å². The van der Waals surface area contributed by atoms with E-state index in [9.17, 15) is 8.78 Å². The van der Waals surface area contributed by atoms with Crippen LogP contribution in [0.4, 0.5) is 8.78 Å². The highest BCUT2D eigenvalue weighted by Crippen LogP contribution is 2.18. The second-order valence-corrected chi connectivity index (χ2v) is 4.85. The lowest BCUT2D eigenvalue weighted by molar-refractivity contribution is 0.304. The Hall–Kier alpha value is -2.01. The highest BCUT2D eigenvalue weighted by atomic mass is 32.1. The first-order valence-electron chi connectivity index (χ1n) is 5.94. The van der Waals surface area contributed by atoms with E-state index < -0.39 is 5.82 Å². The lowest BCUT2D eigenvalue weighted by atomic mass is 10.1. The lowest BCUT2D eigenvalue weighted by Crippen LogP contribution is -2.10. The van der Waals surface area contributed by atoms with Crippen molar-refractivity contribution in [2.75, 3.05) is 0 Å². The van der Waals surface area contributed by atoms with Crippen molar-refractivity contribution < 1.29 is 13.5 Å². The molecule has 0 heterocycles. The quantitative estimate of drug-likeness (QED) is 0.877. The maximum Gasteiger partial charge on any atom is 0.129 e. The molecule has 0 aromatic heterocycles. The van der Waals surface area contributed by atoms with Crippen molar-refractivity contribution in [3.8, 4) is 5.75 Å². The van der Waals surface area contributed by atoms with Crippen molar-refractivity contribution in [3.63, 3.8) is 0 Å². The van der Waals surface area contributed by atoms with Crippen LogP contribution in [0.1, 0.15) is 16.7 Å². The van der Waals surface area contributed by atoms with Gasteiger partial charge in [0.2, 0.25) is 0 Å². The fraction of sp³-hybridized carbons (Fsp3) is 0.133. The van der Waals surface area contributed by atoms with Gasteiger partial charge in [-0.15, -0.1) is 0 Å². The molecule has 2 aromatic carbocycles. The summed E-state index contributed by atoms with van der Waals surface area (Å²) < 4.78 is 32.2. The van der Waals surface area contributed by atoms with E-state index in [4.69, 9.17) is 22.7 Å². The SMILES string of the molecule is Cc1ccc(OCc2cc(F)cc(C(N)=S)c2)cc1F. The van der Waals surface area contributed by atoms with Crippen LogP contribution in [0.2, 0.25) is 0 Å². The van der Waals surface area contributed by atoms with E-state index in [1.807, 2.05) is 0 Å². The molecule has 0 saturated carbocycles. The van der Waals surface area contributed by atoms with Crippen molar-refractivity contribution in [2.45, 2.75) is 13.5 Å². The zero-order valence-corrected chi connectivity index (χ0v) is 11.6. The molecule has 0 spiro atoms. The highest BCUT2D eigenvalue weighted by molar-refractivity contribution is 7.80. The van der Waals surface area contributed by atoms with Crippen LogP contribution >= 0.6 is 12.2 Å². The van der Waals surface area contributed by atoms with Gasteiger partial charge in [0, 0.05) is 11.6 Å². The summed E-state index contributed by atoms with van der Waals surface area (Å²) in [6.45, 7) is 1.77. The van der Waals surface area contributed by atoms with Gasteiger partial charge in [0.25, 0.3) is 0 Å². The normalized spacial score (nSPS) is 10.3. The molecule has 0 aliphatic carbocycles. The summed E-state index contributed by atoms with van der Waals surface area (Å²) in [5, 5.41) is 0. The fourth-order valence-electron chi connectivity index (χ4n) is 1.71. The summed E-state index contributed by atoms with van der Waals surface area (Å²) in [7, 11) is 0. The molecular formula is C15H13F2NOS. The molecule has 0 bridgehead atoms. The predicted octanol–water partition coefficient (Wildman–Crippen LogP) is 3.49. The number of halogens is 2. The average molecular weight is 293 g/mol. The molecule has 0 atom stereocenters. The van der Waals surface area contributed by atoms with Crippen molar-refractivity contribution in [1.29, 1.82) is 0 Å². The van der Waals surface area contributed by atoms with Crippen LogP contribution < -0.4 is 10.5 Å². The molecule has 0 amide bonds. The van der Waals surface area contributed by atoms with Crippen LogP contribution in [0, 0.1) is 18.6 Å². The summed E-state index contributed by atoms with van der Waals surface area (Å²) in [4.78, 5) is 0.118. The number of thiocarbonyl (C=S) groups is 1. The van der Waals surface area contributed by atoms with Crippen molar-refractivity contribution in [2.24, 2.45) is 5.73 Å². The maximum absolute atomic E-state index is 13.4. The molecule has 5 heteroatoms. The van der Waals surface area contributed by atoms with Crippen LogP contribution in [0.25, 0.3) is 0 Å². The van der Waals surface area contributed by atoms with Crippen LogP contribution in [0.3, 0.4) is 0 Å². The average Bonchev–Trinajstić information content (AvgIpc) is 2.39. The molecule has 2 aromatic rings. The first kappa shape index (κ1) is 14.4. The number of hydrogen-bond acceptors (Lipinski definition) is 2. The fourth-order valence-corrected chi connectivity index (χ4v) is 1.82. The molecule has 0 aliphatic heterocycles. The zero-order valence-electron chi connectivity index (χ0n) is 10.8. The lowest BCUT2D eigenvalue weighted by Gasteiger charge is -2.09. The first-order chi connectivity index (χ1) is 9.45. The van der Waals surface area contributed by atoms with E-state index in [0.717, 1.165) is 0 Å². The molecule has 0 saturated heterocycles. The van der Waals surface area contributed by atoms with Crippen LogP contribution in [-0.4, -0.2) is 4.99 Å². The van der Waals surface area contributed by atoms with Gasteiger partial charge in [-0.05, 0) is 42.3 Å². The molecule has 0 radical (unpaired) electrons. The highest BCUT2D eigenvalue weighted by Gasteiger charge is 2.05. The monoisotopic (exact) mass is 293 g/mol. The van der Waals surface area contributed by atoms with Gasteiger partial charge < -0.3 is 10.5 Å². The molecule has 104 valence electrons.